The van der Waals surface area contributed by atoms with Crippen molar-refractivity contribution in [1.29, 1.82) is 0 Å². The summed E-state index contributed by atoms with van der Waals surface area (Å²) >= 11 is 5.63. The van der Waals surface area contributed by atoms with Crippen molar-refractivity contribution in [2.24, 2.45) is 0 Å². The Kier molecular flexibility index (Phi) is 2.33. The molecule has 0 saturated carbocycles. The smallest absolute Gasteiger partial charge is 0.231 e. The standard InChI is InChI=1S/C10H11ClN2O/c11-3-4-13-9-2-1-8(12)5-7(9)6-10(13)14/h1-2,5H,3-4,6,12H2. The van der Waals surface area contributed by atoms with E-state index in [9.17, 15) is 4.79 Å². The van der Waals surface area contributed by atoms with Crippen LogP contribution in [0.15, 0.2) is 18.2 Å². The van der Waals surface area contributed by atoms with E-state index < -0.39 is 0 Å². The molecule has 1 aromatic carbocycles. The Hall–Kier alpha value is -1.22. The van der Waals surface area contributed by atoms with Crippen LogP contribution in [0.3, 0.4) is 0 Å². The monoisotopic (exact) mass is 210 g/mol. The minimum atomic E-state index is 0.103. The third kappa shape index (κ3) is 1.44. The topological polar surface area (TPSA) is 46.3 Å². The number of carbonyl (C=O) groups is 1. The fourth-order valence-electron chi connectivity index (χ4n) is 1.73. The van der Waals surface area contributed by atoms with Crippen LogP contribution in [0.1, 0.15) is 5.56 Å². The van der Waals surface area contributed by atoms with Crippen molar-refractivity contribution < 1.29 is 4.79 Å². The maximum Gasteiger partial charge on any atom is 0.231 e. The molecule has 74 valence electrons. The van der Waals surface area contributed by atoms with Crippen molar-refractivity contribution in [2.75, 3.05) is 23.1 Å². The van der Waals surface area contributed by atoms with E-state index in [2.05, 4.69) is 0 Å². The maximum absolute atomic E-state index is 11.6. The van der Waals surface area contributed by atoms with Crippen LogP contribution >= 0.6 is 11.6 Å². The van der Waals surface area contributed by atoms with Gasteiger partial charge in [0.05, 0.1) is 6.42 Å². The lowest BCUT2D eigenvalue weighted by Gasteiger charge is -2.15. The highest BCUT2D eigenvalue weighted by molar-refractivity contribution is 6.18. The minimum Gasteiger partial charge on any atom is -0.399 e. The molecule has 0 unspecified atom stereocenters. The number of nitrogen functional groups attached to an aromatic ring is 1. The summed E-state index contributed by atoms with van der Waals surface area (Å²) in [6, 6.07) is 5.53. The molecule has 2 N–H and O–H groups in total. The number of rotatable bonds is 2. The van der Waals surface area contributed by atoms with Gasteiger partial charge in [0.1, 0.15) is 0 Å². The average Bonchev–Trinajstić information content (AvgIpc) is 2.43. The molecule has 0 saturated heterocycles. The Morgan fingerprint density at radius 1 is 1.50 bits per heavy atom. The van der Waals surface area contributed by atoms with Crippen LogP contribution in [-0.2, 0) is 11.2 Å². The maximum atomic E-state index is 11.6. The Bertz CT molecular complexity index is 378. The molecule has 3 nitrogen and oxygen atoms in total. The molecule has 0 aromatic heterocycles. The Balaban J connectivity index is 2.37. The lowest BCUT2D eigenvalue weighted by Crippen LogP contribution is -2.28. The van der Waals surface area contributed by atoms with Gasteiger partial charge in [0.15, 0.2) is 0 Å². The molecule has 4 heteroatoms. The summed E-state index contributed by atoms with van der Waals surface area (Å²) in [4.78, 5) is 13.3. The molecule has 14 heavy (non-hydrogen) atoms. The summed E-state index contributed by atoms with van der Waals surface area (Å²) in [7, 11) is 0. The average molecular weight is 211 g/mol. The van der Waals surface area contributed by atoms with Gasteiger partial charge in [-0.15, -0.1) is 11.6 Å². The molecule has 1 aliphatic heterocycles. The molecule has 0 atom stereocenters. The number of hydrogen-bond donors (Lipinski definition) is 1. The van der Waals surface area contributed by atoms with Gasteiger partial charge in [-0.05, 0) is 23.8 Å². The number of benzene rings is 1. The summed E-state index contributed by atoms with van der Waals surface area (Å²) < 4.78 is 0. The lowest BCUT2D eigenvalue weighted by molar-refractivity contribution is -0.117. The van der Waals surface area contributed by atoms with E-state index in [-0.39, 0.29) is 5.91 Å². The molecule has 1 aromatic rings. The highest BCUT2D eigenvalue weighted by Crippen LogP contribution is 2.30. The van der Waals surface area contributed by atoms with E-state index >= 15 is 0 Å². The predicted octanol–water partition coefficient (Wildman–Crippen LogP) is 1.40. The molecule has 0 spiro atoms. The molecule has 1 aliphatic rings. The Morgan fingerprint density at radius 2 is 2.29 bits per heavy atom. The second kappa shape index (κ2) is 3.50. The zero-order chi connectivity index (χ0) is 10.1. The first kappa shape index (κ1) is 9.34. The number of nitrogens with two attached hydrogens (primary N) is 1. The van der Waals surface area contributed by atoms with E-state index in [0.29, 0.717) is 24.5 Å². The normalized spacial score (nSPS) is 14.6. The van der Waals surface area contributed by atoms with Crippen LogP contribution in [0.5, 0.6) is 0 Å². The molecular weight excluding hydrogens is 200 g/mol. The molecule has 0 bridgehead atoms. The van der Waals surface area contributed by atoms with E-state index in [4.69, 9.17) is 17.3 Å². The predicted molar refractivity (Wildman–Crippen MR) is 57.6 cm³/mol. The summed E-state index contributed by atoms with van der Waals surface area (Å²) in [6.45, 7) is 0.567. The van der Waals surface area contributed by atoms with E-state index in [1.54, 1.807) is 11.0 Å². The highest BCUT2D eigenvalue weighted by atomic mass is 35.5. The summed E-state index contributed by atoms with van der Waals surface area (Å²) in [5.74, 6) is 0.557. The van der Waals surface area contributed by atoms with Crippen LogP contribution in [0.4, 0.5) is 11.4 Å². The van der Waals surface area contributed by atoms with Gasteiger partial charge >= 0.3 is 0 Å². The van der Waals surface area contributed by atoms with E-state index in [1.807, 2.05) is 12.1 Å². The first-order chi connectivity index (χ1) is 6.72. The van der Waals surface area contributed by atoms with Crippen LogP contribution in [-0.4, -0.2) is 18.3 Å². The second-order valence-corrected chi connectivity index (χ2v) is 3.68. The van der Waals surface area contributed by atoms with Gasteiger partial charge in [0, 0.05) is 23.8 Å². The third-order valence-electron chi connectivity index (χ3n) is 2.35. The summed E-state index contributed by atoms with van der Waals surface area (Å²) in [5.41, 5.74) is 8.29. The fourth-order valence-corrected chi connectivity index (χ4v) is 1.90. The molecule has 1 amide bonds. The largest absolute Gasteiger partial charge is 0.399 e. The minimum absolute atomic E-state index is 0.103. The first-order valence-corrected chi connectivity index (χ1v) is 5.00. The van der Waals surface area contributed by atoms with Crippen molar-refractivity contribution in [1.82, 2.24) is 0 Å². The lowest BCUT2D eigenvalue weighted by atomic mass is 10.1. The van der Waals surface area contributed by atoms with Crippen molar-refractivity contribution in [2.45, 2.75) is 6.42 Å². The number of fused-ring (bicyclic) bond motifs is 1. The quantitative estimate of drug-likeness (QED) is 0.593. The van der Waals surface area contributed by atoms with Gasteiger partial charge in [-0.1, -0.05) is 0 Å². The van der Waals surface area contributed by atoms with Crippen LogP contribution < -0.4 is 10.6 Å². The fraction of sp³-hybridized carbons (Fsp3) is 0.300. The number of alkyl halides is 1. The van der Waals surface area contributed by atoms with Gasteiger partial charge in [-0.3, -0.25) is 4.79 Å². The summed E-state index contributed by atoms with van der Waals surface area (Å²) in [6.07, 6.45) is 0.442. The number of amides is 1. The molecule has 0 aliphatic carbocycles. The zero-order valence-corrected chi connectivity index (χ0v) is 8.42. The second-order valence-electron chi connectivity index (χ2n) is 3.30. The van der Waals surface area contributed by atoms with Gasteiger partial charge in [-0.2, -0.15) is 0 Å². The molecule has 0 fully saturated rings. The number of nitrogens with zero attached hydrogens (tertiary/aromatic N) is 1. The van der Waals surface area contributed by atoms with E-state index in [0.717, 1.165) is 11.3 Å². The Morgan fingerprint density at radius 3 is 3.00 bits per heavy atom. The van der Waals surface area contributed by atoms with Crippen molar-refractivity contribution in [3.8, 4) is 0 Å². The molecule has 1 heterocycles. The highest BCUT2D eigenvalue weighted by Gasteiger charge is 2.26. The van der Waals surface area contributed by atoms with Crippen LogP contribution in [0.25, 0.3) is 0 Å². The van der Waals surface area contributed by atoms with E-state index in [1.165, 1.54) is 0 Å². The van der Waals surface area contributed by atoms with Crippen molar-refractivity contribution >= 4 is 28.9 Å². The molecule has 0 radical (unpaired) electrons. The Labute approximate surface area is 87.4 Å². The first-order valence-electron chi connectivity index (χ1n) is 4.47. The third-order valence-corrected chi connectivity index (χ3v) is 2.51. The van der Waals surface area contributed by atoms with Gasteiger partial charge < -0.3 is 10.6 Å². The number of hydrogen-bond acceptors (Lipinski definition) is 2. The van der Waals surface area contributed by atoms with Crippen molar-refractivity contribution in [3.63, 3.8) is 0 Å². The van der Waals surface area contributed by atoms with Gasteiger partial charge in [0.2, 0.25) is 5.91 Å². The number of carbonyl (C=O) groups excluding carboxylic acids is 1. The van der Waals surface area contributed by atoms with Gasteiger partial charge in [0.25, 0.3) is 0 Å². The molecular formula is C10H11ClN2O. The van der Waals surface area contributed by atoms with Crippen molar-refractivity contribution in [3.05, 3.63) is 23.8 Å². The van der Waals surface area contributed by atoms with Gasteiger partial charge in [-0.25, -0.2) is 0 Å². The SMILES string of the molecule is Nc1ccc2c(c1)CC(=O)N2CCCl. The number of anilines is 2. The number of halogens is 1. The van der Waals surface area contributed by atoms with Crippen LogP contribution in [0, 0.1) is 0 Å². The molecule has 2 rings (SSSR count). The zero-order valence-electron chi connectivity index (χ0n) is 7.66. The summed E-state index contributed by atoms with van der Waals surface area (Å²) in [5, 5.41) is 0. The van der Waals surface area contributed by atoms with Crippen LogP contribution in [0.2, 0.25) is 0 Å².